The number of aliphatic hydroxyl groups is 1. The van der Waals surface area contributed by atoms with Crippen molar-refractivity contribution in [3.05, 3.63) is 65.2 Å². The topological polar surface area (TPSA) is 56.5 Å². The average Bonchev–Trinajstić information content (AvgIpc) is 2.56. The maximum Gasteiger partial charge on any atom is 0.119 e. The van der Waals surface area contributed by atoms with E-state index in [1.165, 1.54) is 5.56 Å². The van der Waals surface area contributed by atoms with Gasteiger partial charge in [0.1, 0.15) is 12.4 Å². The molecule has 0 spiro atoms. The molecule has 1 atom stereocenters. The summed E-state index contributed by atoms with van der Waals surface area (Å²) in [6.07, 6.45) is -0.577. The van der Waals surface area contributed by atoms with Crippen LogP contribution in [-0.4, -0.2) is 36.8 Å². The summed E-state index contributed by atoms with van der Waals surface area (Å²) >= 11 is 0. The summed E-state index contributed by atoms with van der Waals surface area (Å²) in [7, 11) is 1.95. The number of nitrogens with zero attached hydrogens (tertiary/aromatic N) is 2. The first-order valence-corrected chi connectivity index (χ1v) is 7.64. The summed E-state index contributed by atoms with van der Waals surface area (Å²) in [6, 6.07) is 17.1. The minimum absolute atomic E-state index is 0.517. The van der Waals surface area contributed by atoms with Gasteiger partial charge in [-0.2, -0.15) is 5.26 Å². The SMILES string of the molecule is Cc1ccc(OCCN(C)CC(O)c2ccc(C#N)cc2)cc1. The smallest absolute Gasteiger partial charge is 0.119 e. The quantitative estimate of drug-likeness (QED) is 0.854. The third-order valence-electron chi connectivity index (χ3n) is 3.67. The van der Waals surface area contributed by atoms with Crippen LogP contribution in [0.15, 0.2) is 48.5 Å². The number of aliphatic hydroxyl groups excluding tert-OH is 1. The van der Waals surface area contributed by atoms with Gasteiger partial charge in [-0.25, -0.2) is 0 Å². The molecule has 0 aromatic heterocycles. The summed E-state index contributed by atoms with van der Waals surface area (Å²) in [4.78, 5) is 2.02. The molecule has 0 fully saturated rings. The van der Waals surface area contributed by atoms with Crippen molar-refractivity contribution < 1.29 is 9.84 Å². The molecule has 0 amide bonds. The number of nitriles is 1. The number of likely N-dealkylation sites (N-methyl/N-ethyl adjacent to an activating group) is 1. The second-order valence-corrected chi connectivity index (χ2v) is 5.67. The molecule has 0 saturated heterocycles. The van der Waals surface area contributed by atoms with Gasteiger partial charge in [-0.1, -0.05) is 29.8 Å². The predicted molar refractivity (Wildman–Crippen MR) is 90.3 cm³/mol. The first-order valence-electron chi connectivity index (χ1n) is 7.64. The van der Waals surface area contributed by atoms with Gasteiger partial charge in [-0.15, -0.1) is 0 Å². The first kappa shape index (κ1) is 17.0. The minimum atomic E-state index is -0.577. The van der Waals surface area contributed by atoms with E-state index in [9.17, 15) is 5.11 Å². The van der Waals surface area contributed by atoms with Crippen LogP contribution in [0.1, 0.15) is 22.8 Å². The molecule has 4 heteroatoms. The molecular weight excluding hydrogens is 288 g/mol. The van der Waals surface area contributed by atoms with E-state index < -0.39 is 6.10 Å². The molecule has 0 bridgehead atoms. The maximum atomic E-state index is 10.2. The van der Waals surface area contributed by atoms with Crippen molar-refractivity contribution in [3.63, 3.8) is 0 Å². The Kier molecular flexibility index (Phi) is 6.16. The van der Waals surface area contributed by atoms with Crippen molar-refractivity contribution in [1.29, 1.82) is 5.26 Å². The van der Waals surface area contributed by atoms with Crippen LogP contribution in [0.4, 0.5) is 0 Å². The number of benzene rings is 2. The third kappa shape index (κ3) is 5.41. The van der Waals surface area contributed by atoms with Crippen LogP contribution in [0.3, 0.4) is 0 Å². The van der Waals surface area contributed by atoms with Crippen LogP contribution in [-0.2, 0) is 0 Å². The Morgan fingerprint density at radius 3 is 2.39 bits per heavy atom. The molecule has 2 aromatic carbocycles. The van der Waals surface area contributed by atoms with E-state index >= 15 is 0 Å². The summed E-state index contributed by atoms with van der Waals surface area (Å²) in [5.74, 6) is 0.858. The Balaban J connectivity index is 1.76. The van der Waals surface area contributed by atoms with Crippen molar-refractivity contribution in [2.75, 3.05) is 26.7 Å². The van der Waals surface area contributed by atoms with Crippen LogP contribution in [0.25, 0.3) is 0 Å². The molecule has 0 heterocycles. The number of ether oxygens (including phenoxy) is 1. The second-order valence-electron chi connectivity index (χ2n) is 5.67. The van der Waals surface area contributed by atoms with Crippen LogP contribution >= 0.6 is 0 Å². The van der Waals surface area contributed by atoms with E-state index in [-0.39, 0.29) is 0 Å². The van der Waals surface area contributed by atoms with E-state index in [1.54, 1.807) is 24.3 Å². The highest BCUT2D eigenvalue weighted by atomic mass is 16.5. The fourth-order valence-corrected chi connectivity index (χ4v) is 2.23. The van der Waals surface area contributed by atoms with Crippen LogP contribution in [0, 0.1) is 18.3 Å². The van der Waals surface area contributed by atoms with Crippen molar-refractivity contribution >= 4 is 0 Å². The molecule has 0 aliphatic heterocycles. The van der Waals surface area contributed by atoms with Crippen molar-refractivity contribution in [1.82, 2.24) is 4.90 Å². The molecular formula is C19H22N2O2. The first-order chi connectivity index (χ1) is 11.1. The van der Waals surface area contributed by atoms with Crippen LogP contribution in [0.2, 0.25) is 0 Å². The Labute approximate surface area is 137 Å². The van der Waals surface area contributed by atoms with E-state index in [2.05, 4.69) is 6.07 Å². The lowest BCUT2D eigenvalue weighted by Gasteiger charge is -2.21. The van der Waals surface area contributed by atoms with Crippen molar-refractivity contribution in [2.45, 2.75) is 13.0 Å². The highest BCUT2D eigenvalue weighted by Crippen LogP contribution is 2.15. The Morgan fingerprint density at radius 1 is 1.13 bits per heavy atom. The molecule has 0 radical (unpaired) electrons. The van der Waals surface area contributed by atoms with Gasteiger partial charge in [-0.05, 0) is 43.8 Å². The number of hydrogen-bond donors (Lipinski definition) is 1. The third-order valence-corrected chi connectivity index (χ3v) is 3.67. The fraction of sp³-hybridized carbons (Fsp3) is 0.316. The van der Waals surface area contributed by atoms with E-state index in [4.69, 9.17) is 10.00 Å². The Morgan fingerprint density at radius 2 is 1.78 bits per heavy atom. The molecule has 0 aliphatic carbocycles. The van der Waals surface area contributed by atoms with Gasteiger partial charge in [0, 0.05) is 13.1 Å². The predicted octanol–water partition coefficient (Wildman–Crippen LogP) is 2.91. The fourth-order valence-electron chi connectivity index (χ4n) is 2.23. The molecule has 0 aliphatic rings. The van der Waals surface area contributed by atoms with Gasteiger partial charge < -0.3 is 14.7 Å². The van der Waals surface area contributed by atoms with Gasteiger partial charge in [0.2, 0.25) is 0 Å². The summed E-state index contributed by atoms with van der Waals surface area (Å²) in [6.45, 7) is 3.85. The molecule has 4 nitrogen and oxygen atoms in total. The molecule has 1 N–H and O–H groups in total. The summed E-state index contributed by atoms with van der Waals surface area (Å²) in [5, 5.41) is 19.0. The number of aryl methyl sites for hydroxylation is 1. The van der Waals surface area contributed by atoms with Crippen molar-refractivity contribution in [3.8, 4) is 11.8 Å². The van der Waals surface area contributed by atoms with E-state index in [0.29, 0.717) is 18.7 Å². The van der Waals surface area contributed by atoms with Gasteiger partial charge in [-0.3, -0.25) is 0 Å². The monoisotopic (exact) mass is 310 g/mol. The normalized spacial score (nSPS) is 12.0. The lowest BCUT2D eigenvalue weighted by Crippen LogP contribution is -2.28. The second kappa shape index (κ2) is 8.33. The molecule has 2 rings (SSSR count). The minimum Gasteiger partial charge on any atom is -0.492 e. The lowest BCUT2D eigenvalue weighted by molar-refractivity contribution is 0.118. The van der Waals surface area contributed by atoms with Crippen LogP contribution in [0.5, 0.6) is 5.75 Å². The zero-order valence-corrected chi connectivity index (χ0v) is 13.6. The van der Waals surface area contributed by atoms with Gasteiger partial charge >= 0.3 is 0 Å². The highest BCUT2D eigenvalue weighted by molar-refractivity contribution is 5.32. The maximum absolute atomic E-state index is 10.2. The van der Waals surface area contributed by atoms with Gasteiger partial charge in [0.25, 0.3) is 0 Å². The number of hydrogen-bond acceptors (Lipinski definition) is 4. The standard InChI is InChI=1S/C19H22N2O2/c1-15-3-9-18(10-4-15)23-12-11-21(2)14-19(22)17-7-5-16(13-20)6-8-17/h3-10,19,22H,11-12,14H2,1-2H3. The number of rotatable bonds is 7. The van der Waals surface area contributed by atoms with Gasteiger partial charge in [0.15, 0.2) is 0 Å². The summed E-state index contributed by atoms with van der Waals surface area (Å²) in [5.41, 5.74) is 2.62. The lowest BCUT2D eigenvalue weighted by atomic mass is 10.1. The zero-order valence-electron chi connectivity index (χ0n) is 13.6. The average molecular weight is 310 g/mol. The van der Waals surface area contributed by atoms with E-state index in [1.807, 2.05) is 43.1 Å². The molecule has 120 valence electrons. The molecule has 0 saturated carbocycles. The van der Waals surface area contributed by atoms with Crippen molar-refractivity contribution in [2.24, 2.45) is 0 Å². The molecule has 23 heavy (non-hydrogen) atoms. The van der Waals surface area contributed by atoms with Crippen LogP contribution < -0.4 is 4.74 Å². The Bertz CT molecular complexity index is 645. The zero-order chi connectivity index (χ0) is 16.7. The summed E-state index contributed by atoms with van der Waals surface area (Å²) < 4.78 is 5.69. The molecule has 2 aromatic rings. The Hall–Kier alpha value is -2.35. The largest absolute Gasteiger partial charge is 0.492 e. The molecule has 1 unspecified atom stereocenters. The van der Waals surface area contributed by atoms with Gasteiger partial charge in [0.05, 0.1) is 17.7 Å². The highest BCUT2D eigenvalue weighted by Gasteiger charge is 2.10. The van der Waals surface area contributed by atoms with E-state index in [0.717, 1.165) is 17.9 Å².